The fourth-order valence-electron chi connectivity index (χ4n) is 1.84. The highest BCUT2D eigenvalue weighted by Crippen LogP contribution is 2.10. The molecule has 0 atom stereocenters. The predicted octanol–water partition coefficient (Wildman–Crippen LogP) is 1.29. The Kier molecular flexibility index (Phi) is 4.99. The molecule has 1 fully saturated rings. The van der Waals surface area contributed by atoms with Crippen molar-refractivity contribution in [1.82, 2.24) is 10.2 Å². The summed E-state index contributed by atoms with van der Waals surface area (Å²) in [6.45, 7) is 4.35. The van der Waals surface area contributed by atoms with Gasteiger partial charge in [0.1, 0.15) is 6.61 Å². The number of carbonyl (C=O) groups excluding carboxylic acids is 1. The maximum atomic E-state index is 11.6. The van der Waals surface area contributed by atoms with Gasteiger partial charge in [-0.05, 0) is 17.7 Å². The molecule has 1 aromatic carbocycles. The monoisotopic (exact) mass is 268 g/mol. The Morgan fingerprint density at radius 1 is 1.28 bits per heavy atom. The van der Waals surface area contributed by atoms with Crippen LogP contribution in [-0.4, -0.2) is 43.6 Å². The number of ether oxygens (including phenoxy) is 1. The molecule has 1 aliphatic heterocycles. The van der Waals surface area contributed by atoms with Gasteiger partial charge in [-0.3, -0.25) is 9.69 Å². The summed E-state index contributed by atoms with van der Waals surface area (Å²) < 4.78 is 5.23. The van der Waals surface area contributed by atoms with E-state index in [2.05, 4.69) is 10.2 Å². The van der Waals surface area contributed by atoms with Gasteiger partial charge in [-0.15, -0.1) is 0 Å². The lowest BCUT2D eigenvalue weighted by Crippen LogP contribution is -2.45. The number of rotatable bonds is 4. The molecule has 0 aliphatic carbocycles. The van der Waals surface area contributed by atoms with Crippen LogP contribution in [-0.2, 0) is 16.1 Å². The van der Waals surface area contributed by atoms with Crippen molar-refractivity contribution in [2.75, 3.05) is 32.7 Å². The number of nitrogens with zero attached hydrogens (tertiary/aromatic N) is 1. The average molecular weight is 269 g/mol. The molecule has 1 saturated heterocycles. The van der Waals surface area contributed by atoms with E-state index in [4.69, 9.17) is 16.3 Å². The summed E-state index contributed by atoms with van der Waals surface area (Å²) in [6.07, 6.45) is 0. The van der Waals surface area contributed by atoms with Crippen LogP contribution in [0.25, 0.3) is 0 Å². The predicted molar refractivity (Wildman–Crippen MR) is 70.6 cm³/mol. The Hall–Kier alpha value is -1.10. The number of piperazine rings is 1. The van der Waals surface area contributed by atoms with Gasteiger partial charge in [0.2, 0.25) is 0 Å². The maximum absolute atomic E-state index is 11.6. The third-order valence-corrected chi connectivity index (χ3v) is 3.13. The van der Waals surface area contributed by atoms with Crippen molar-refractivity contribution >= 4 is 17.6 Å². The fraction of sp³-hybridized carbons (Fsp3) is 0.462. The van der Waals surface area contributed by atoms with E-state index in [-0.39, 0.29) is 5.97 Å². The van der Waals surface area contributed by atoms with Gasteiger partial charge in [-0.2, -0.15) is 0 Å². The molecule has 0 spiro atoms. The molecule has 1 aromatic rings. The largest absolute Gasteiger partial charge is 0.460 e. The van der Waals surface area contributed by atoms with Gasteiger partial charge in [0.05, 0.1) is 6.54 Å². The van der Waals surface area contributed by atoms with E-state index < -0.39 is 0 Å². The number of benzene rings is 1. The van der Waals surface area contributed by atoms with Crippen LogP contribution in [0.4, 0.5) is 0 Å². The van der Waals surface area contributed by atoms with Gasteiger partial charge in [0.25, 0.3) is 0 Å². The highest BCUT2D eigenvalue weighted by Gasteiger charge is 2.14. The van der Waals surface area contributed by atoms with Crippen LogP contribution >= 0.6 is 11.6 Å². The van der Waals surface area contributed by atoms with E-state index >= 15 is 0 Å². The van der Waals surface area contributed by atoms with E-state index in [0.29, 0.717) is 18.2 Å². The summed E-state index contributed by atoms with van der Waals surface area (Å²) in [5.74, 6) is -0.174. The molecule has 98 valence electrons. The topological polar surface area (TPSA) is 41.6 Å². The Morgan fingerprint density at radius 3 is 2.61 bits per heavy atom. The summed E-state index contributed by atoms with van der Waals surface area (Å²) in [6, 6.07) is 7.31. The molecular formula is C13H17ClN2O2. The standard InChI is InChI=1S/C13H17ClN2O2/c14-12-3-1-11(2-4-12)10-18-13(17)9-16-7-5-15-6-8-16/h1-4,15H,5-10H2. The second kappa shape index (κ2) is 6.73. The maximum Gasteiger partial charge on any atom is 0.320 e. The van der Waals surface area contributed by atoms with Crippen LogP contribution in [0, 0.1) is 0 Å². The Bertz CT molecular complexity index is 388. The van der Waals surface area contributed by atoms with Crippen molar-refractivity contribution in [2.45, 2.75) is 6.61 Å². The summed E-state index contributed by atoms with van der Waals surface area (Å²) in [4.78, 5) is 13.7. The fourth-order valence-corrected chi connectivity index (χ4v) is 1.97. The van der Waals surface area contributed by atoms with Crippen LogP contribution in [0.3, 0.4) is 0 Å². The summed E-state index contributed by atoms with van der Waals surface area (Å²) in [5, 5.41) is 3.93. The van der Waals surface area contributed by atoms with Crippen LogP contribution in [0.1, 0.15) is 5.56 Å². The van der Waals surface area contributed by atoms with Crippen LogP contribution in [0.2, 0.25) is 5.02 Å². The van der Waals surface area contributed by atoms with E-state index in [0.717, 1.165) is 31.7 Å². The van der Waals surface area contributed by atoms with Gasteiger partial charge in [-0.25, -0.2) is 0 Å². The third kappa shape index (κ3) is 4.29. The molecule has 0 saturated carbocycles. The van der Waals surface area contributed by atoms with Gasteiger partial charge in [-0.1, -0.05) is 23.7 Å². The molecule has 18 heavy (non-hydrogen) atoms. The van der Waals surface area contributed by atoms with Crippen LogP contribution in [0.5, 0.6) is 0 Å². The van der Waals surface area contributed by atoms with Gasteiger partial charge in [0.15, 0.2) is 0 Å². The van der Waals surface area contributed by atoms with Crippen molar-refractivity contribution in [2.24, 2.45) is 0 Å². The van der Waals surface area contributed by atoms with Crippen molar-refractivity contribution < 1.29 is 9.53 Å². The first-order chi connectivity index (χ1) is 8.74. The zero-order chi connectivity index (χ0) is 12.8. The molecule has 0 amide bonds. The van der Waals surface area contributed by atoms with E-state index in [1.54, 1.807) is 12.1 Å². The SMILES string of the molecule is O=C(CN1CCNCC1)OCc1ccc(Cl)cc1. The van der Waals surface area contributed by atoms with Crippen molar-refractivity contribution in [3.05, 3.63) is 34.9 Å². The smallest absolute Gasteiger partial charge is 0.320 e. The normalized spacial score (nSPS) is 16.5. The first-order valence-electron chi connectivity index (χ1n) is 6.07. The Labute approximate surface area is 112 Å². The molecule has 1 heterocycles. The quantitative estimate of drug-likeness (QED) is 0.836. The summed E-state index contributed by atoms with van der Waals surface area (Å²) >= 11 is 5.78. The summed E-state index contributed by atoms with van der Waals surface area (Å²) in [7, 11) is 0. The second-order valence-electron chi connectivity index (χ2n) is 4.31. The lowest BCUT2D eigenvalue weighted by molar-refractivity contribution is -0.146. The second-order valence-corrected chi connectivity index (χ2v) is 4.75. The molecule has 1 aliphatic rings. The minimum absolute atomic E-state index is 0.174. The number of esters is 1. The first-order valence-corrected chi connectivity index (χ1v) is 6.45. The zero-order valence-electron chi connectivity index (χ0n) is 10.2. The van der Waals surface area contributed by atoms with Crippen molar-refractivity contribution in [3.63, 3.8) is 0 Å². The molecule has 0 radical (unpaired) electrons. The molecule has 0 unspecified atom stereocenters. The Morgan fingerprint density at radius 2 is 1.94 bits per heavy atom. The van der Waals surface area contributed by atoms with Crippen molar-refractivity contribution in [1.29, 1.82) is 0 Å². The van der Waals surface area contributed by atoms with Gasteiger partial charge >= 0.3 is 5.97 Å². The Balaban J connectivity index is 1.72. The average Bonchev–Trinajstić information content (AvgIpc) is 2.39. The summed E-state index contributed by atoms with van der Waals surface area (Å²) in [5.41, 5.74) is 0.952. The van der Waals surface area contributed by atoms with E-state index in [1.807, 2.05) is 12.1 Å². The van der Waals surface area contributed by atoms with Crippen LogP contribution in [0.15, 0.2) is 24.3 Å². The molecule has 4 nitrogen and oxygen atoms in total. The minimum Gasteiger partial charge on any atom is -0.460 e. The zero-order valence-corrected chi connectivity index (χ0v) is 10.9. The minimum atomic E-state index is -0.174. The lowest BCUT2D eigenvalue weighted by atomic mass is 10.2. The molecule has 2 rings (SSSR count). The number of hydrogen-bond donors (Lipinski definition) is 1. The van der Waals surface area contributed by atoms with Gasteiger partial charge in [0, 0.05) is 31.2 Å². The molecule has 0 aromatic heterocycles. The highest BCUT2D eigenvalue weighted by atomic mass is 35.5. The molecule has 1 N–H and O–H groups in total. The molecule has 0 bridgehead atoms. The van der Waals surface area contributed by atoms with E-state index in [1.165, 1.54) is 0 Å². The molecular weight excluding hydrogens is 252 g/mol. The van der Waals surface area contributed by atoms with Crippen molar-refractivity contribution in [3.8, 4) is 0 Å². The van der Waals surface area contributed by atoms with Gasteiger partial charge < -0.3 is 10.1 Å². The van der Waals surface area contributed by atoms with E-state index in [9.17, 15) is 4.79 Å². The highest BCUT2D eigenvalue weighted by molar-refractivity contribution is 6.30. The lowest BCUT2D eigenvalue weighted by Gasteiger charge is -2.25. The first kappa shape index (κ1) is 13.3. The molecule has 5 heteroatoms. The van der Waals surface area contributed by atoms with Crippen LogP contribution < -0.4 is 5.32 Å². The number of carbonyl (C=O) groups is 1. The third-order valence-electron chi connectivity index (χ3n) is 2.88. The number of nitrogens with one attached hydrogen (secondary N) is 1. The number of halogens is 1. The number of hydrogen-bond acceptors (Lipinski definition) is 4.